The van der Waals surface area contributed by atoms with Gasteiger partial charge in [-0.3, -0.25) is 9.88 Å². The van der Waals surface area contributed by atoms with Crippen LogP contribution in [0.15, 0.2) is 43.1 Å². The Morgan fingerprint density at radius 2 is 2.16 bits per heavy atom. The van der Waals surface area contributed by atoms with Gasteiger partial charge in [-0.15, -0.1) is 0 Å². The van der Waals surface area contributed by atoms with Gasteiger partial charge in [0.05, 0.1) is 11.7 Å². The molecule has 4 nitrogen and oxygen atoms in total. The summed E-state index contributed by atoms with van der Waals surface area (Å²) in [6.45, 7) is 2.08. The Labute approximate surface area is 113 Å². The molecule has 1 aliphatic heterocycles. The zero-order valence-electron chi connectivity index (χ0n) is 10.9. The first-order valence-electron chi connectivity index (χ1n) is 6.82. The molecule has 0 spiro atoms. The number of aromatic nitrogens is 3. The molecule has 3 heterocycles. The molecule has 1 aliphatic rings. The first-order valence-corrected chi connectivity index (χ1v) is 6.82. The summed E-state index contributed by atoms with van der Waals surface area (Å²) in [6.07, 6.45) is 11.0. The van der Waals surface area contributed by atoms with Crippen molar-refractivity contribution in [2.24, 2.45) is 0 Å². The van der Waals surface area contributed by atoms with E-state index in [1.165, 1.54) is 24.8 Å². The van der Waals surface area contributed by atoms with Crippen molar-refractivity contribution >= 4 is 0 Å². The van der Waals surface area contributed by atoms with Crippen molar-refractivity contribution in [2.45, 2.75) is 31.8 Å². The fourth-order valence-corrected chi connectivity index (χ4v) is 2.74. The number of rotatable bonds is 3. The number of hydrogen-bond donors (Lipinski definition) is 0. The van der Waals surface area contributed by atoms with E-state index in [0.29, 0.717) is 6.04 Å². The smallest absolute Gasteiger partial charge is 0.115 e. The Bertz CT molecular complexity index is 500. The first-order chi connectivity index (χ1) is 9.43. The maximum atomic E-state index is 4.43. The van der Waals surface area contributed by atoms with E-state index in [-0.39, 0.29) is 0 Å². The molecule has 0 aromatic carbocycles. The van der Waals surface area contributed by atoms with Crippen LogP contribution in [0.3, 0.4) is 0 Å². The Balaban J connectivity index is 1.78. The van der Waals surface area contributed by atoms with E-state index in [0.717, 1.165) is 18.8 Å². The van der Waals surface area contributed by atoms with Crippen molar-refractivity contribution < 1.29 is 0 Å². The third-order valence-electron chi connectivity index (χ3n) is 3.67. The van der Waals surface area contributed by atoms with Gasteiger partial charge in [-0.25, -0.2) is 9.97 Å². The number of piperidine rings is 1. The zero-order chi connectivity index (χ0) is 12.9. The second-order valence-electron chi connectivity index (χ2n) is 4.98. The van der Waals surface area contributed by atoms with E-state index >= 15 is 0 Å². The molecule has 1 atom stereocenters. The Morgan fingerprint density at radius 3 is 2.95 bits per heavy atom. The van der Waals surface area contributed by atoms with Gasteiger partial charge < -0.3 is 0 Å². The Morgan fingerprint density at radius 1 is 1.16 bits per heavy atom. The van der Waals surface area contributed by atoms with E-state index in [9.17, 15) is 0 Å². The summed E-state index contributed by atoms with van der Waals surface area (Å²) >= 11 is 0. The fraction of sp³-hybridized carbons (Fsp3) is 0.400. The lowest BCUT2D eigenvalue weighted by molar-refractivity contribution is 0.137. The number of pyridine rings is 1. The minimum Gasteiger partial charge on any atom is -0.290 e. The number of likely N-dealkylation sites (tertiary alicyclic amines) is 1. The molecule has 1 fully saturated rings. The maximum Gasteiger partial charge on any atom is 0.115 e. The second kappa shape index (κ2) is 5.89. The summed E-state index contributed by atoms with van der Waals surface area (Å²) in [5.74, 6) is 0. The van der Waals surface area contributed by atoms with E-state index in [4.69, 9.17) is 0 Å². The molecule has 98 valence electrons. The molecule has 0 aliphatic carbocycles. The van der Waals surface area contributed by atoms with Gasteiger partial charge in [0, 0.05) is 25.1 Å². The Hall–Kier alpha value is -1.81. The summed E-state index contributed by atoms with van der Waals surface area (Å²) in [4.78, 5) is 15.1. The zero-order valence-corrected chi connectivity index (χ0v) is 10.9. The highest BCUT2D eigenvalue weighted by molar-refractivity contribution is 5.11. The van der Waals surface area contributed by atoms with Crippen LogP contribution in [0.2, 0.25) is 0 Å². The molecule has 1 unspecified atom stereocenters. The molecule has 0 saturated carbocycles. The van der Waals surface area contributed by atoms with Crippen molar-refractivity contribution in [1.82, 2.24) is 19.9 Å². The number of hydrogen-bond acceptors (Lipinski definition) is 4. The fourth-order valence-electron chi connectivity index (χ4n) is 2.74. The largest absolute Gasteiger partial charge is 0.290 e. The summed E-state index contributed by atoms with van der Waals surface area (Å²) in [5.41, 5.74) is 2.40. The van der Waals surface area contributed by atoms with Gasteiger partial charge in [-0.05, 0) is 37.1 Å². The van der Waals surface area contributed by atoms with Gasteiger partial charge >= 0.3 is 0 Å². The SMILES string of the molecule is c1cncc(CN2CCCCC2c2ccncn2)c1. The molecule has 4 heteroatoms. The summed E-state index contributed by atoms with van der Waals surface area (Å²) in [7, 11) is 0. The van der Waals surface area contributed by atoms with Crippen LogP contribution in [-0.4, -0.2) is 26.4 Å². The highest BCUT2D eigenvalue weighted by Gasteiger charge is 2.24. The van der Waals surface area contributed by atoms with Crippen LogP contribution in [0.25, 0.3) is 0 Å². The molecule has 0 N–H and O–H groups in total. The molecule has 3 rings (SSSR count). The van der Waals surface area contributed by atoms with Gasteiger partial charge in [0.15, 0.2) is 0 Å². The predicted octanol–water partition coefficient (Wildman–Crippen LogP) is 2.60. The third-order valence-corrected chi connectivity index (χ3v) is 3.67. The second-order valence-corrected chi connectivity index (χ2v) is 4.98. The summed E-state index contributed by atoms with van der Waals surface area (Å²) < 4.78 is 0. The van der Waals surface area contributed by atoms with Crippen LogP contribution in [0.1, 0.15) is 36.6 Å². The van der Waals surface area contributed by atoms with Crippen LogP contribution in [0.5, 0.6) is 0 Å². The monoisotopic (exact) mass is 254 g/mol. The normalized spacial score (nSPS) is 20.3. The van der Waals surface area contributed by atoms with Crippen LogP contribution in [0.4, 0.5) is 0 Å². The van der Waals surface area contributed by atoms with E-state index in [2.05, 4.69) is 25.9 Å². The van der Waals surface area contributed by atoms with Gasteiger partial charge in [-0.1, -0.05) is 12.5 Å². The van der Waals surface area contributed by atoms with Crippen molar-refractivity contribution in [2.75, 3.05) is 6.54 Å². The topological polar surface area (TPSA) is 41.9 Å². The molecule has 2 aromatic rings. The molecule has 0 bridgehead atoms. The van der Waals surface area contributed by atoms with Gasteiger partial charge in [0.2, 0.25) is 0 Å². The molecule has 1 saturated heterocycles. The highest BCUT2D eigenvalue weighted by atomic mass is 15.2. The highest BCUT2D eigenvalue weighted by Crippen LogP contribution is 2.30. The van der Waals surface area contributed by atoms with Gasteiger partial charge in [0.1, 0.15) is 6.33 Å². The van der Waals surface area contributed by atoms with Crippen LogP contribution in [-0.2, 0) is 6.54 Å². The van der Waals surface area contributed by atoms with Crippen molar-refractivity contribution in [1.29, 1.82) is 0 Å². The standard InChI is InChI=1S/C15H18N4/c1-2-9-19(11-13-4-3-7-16-10-13)15(5-1)14-6-8-17-12-18-14/h3-4,6-8,10,12,15H,1-2,5,9,11H2. The van der Waals surface area contributed by atoms with Crippen LogP contribution >= 0.6 is 0 Å². The molecular weight excluding hydrogens is 236 g/mol. The lowest BCUT2D eigenvalue weighted by Crippen LogP contribution is -2.33. The van der Waals surface area contributed by atoms with Crippen molar-refractivity contribution in [3.05, 3.63) is 54.4 Å². The molecular formula is C15H18N4. The lowest BCUT2D eigenvalue weighted by atomic mass is 9.98. The summed E-state index contributed by atoms with van der Waals surface area (Å²) in [5, 5.41) is 0. The van der Waals surface area contributed by atoms with Crippen molar-refractivity contribution in [3.63, 3.8) is 0 Å². The van der Waals surface area contributed by atoms with Crippen LogP contribution in [0, 0.1) is 0 Å². The summed E-state index contributed by atoms with van der Waals surface area (Å²) in [6, 6.07) is 6.58. The molecule has 0 radical (unpaired) electrons. The molecule has 2 aromatic heterocycles. The minimum absolute atomic E-state index is 0.414. The quantitative estimate of drug-likeness (QED) is 0.844. The first kappa shape index (κ1) is 12.2. The third kappa shape index (κ3) is 2.96. The van der Waals surface area contributed by atoms with E-state index in [1.54, 1.807) is 6.33 Å². The average molecular weight is 254 g/mol. The number of nitrogens with zero attached hydrogens (tertiary/aromatic N) is 4. The van der Waals surface area contributed by atoms with E-state index in [1.807, 2.05) is 30.7 Å². The van der Waals surface area contributed by atoms with Gasteiger partial charge in [0.25, 0.3) is 0 Å². The van der Waals surface area contributed by atoms with Crippen molar-refractivity contribution in [3.8, 4) is 0 Å². The van der Waals surface area contributed by atoms with Gasteiger partial charge in [-0.2, -0.15) is 0 Å². The predicted molar refractivity (Wildman–Crippen MR) is 73.3 cm³/mol. The maximum absolute atomic E-state index is 4.43. The molecule has 0 amide bonds. The van der Waals surface area contributed by atoms with Crippen LogP contribution < -0.4 is 0 Å². The lowest BCUT2D eigenvalue weighted by Gasteiger charge is -2.35. The average Bonchev–Trinajstić information content (AvgIpc) is 2.50. The Kier molecular flexibility index (Phi) is 3.79. The molecule has 19 heavy (non-hydrogen) atoms. The van der Waals surface area contributed by atoms with E-state index < -0.39 is 0 Å². The minimum atomic E-state index is 0.414.